The van der Waals surface area contributed by atoms with Crippen molar-refractivity contribution in [1.29, 1.82) is 0 Å². The molecule has 1 aromatic heterocycles. The maximum Gasteiger partial charge on any atom is 0.197 e. The molecule has 0 atom stereocenters. The van der Waals surface area contributed by atoms with E-state index < -0.39 is 0 Å². The molecular weight excluding hydrogens is 188 g/mol. The van der Waals surface area contributed by atoms with Crippen molar-refractivity contribution in [2.45, 2.75) is 32.7 Å². The summed E-state index contributed by atoms with van der Waals surface area (Å²) in [4.78, 5) is 4.45. The molecular formula is C12H16N2O. The van der Waals surface area contributed by atoms with Gasteiger partial charge in [0.05, 0.1) is 0 Å². The average Bonchev–Trinajstić information content (AvgIpc) is 2.45. The second-order valence-corrected chi connectivity index (χ2v) is 4.69. The zero-order valence-electron chi connectivity index (χ0n) is 9.37. The van der Waals surface area contributed by atoms with Crippen LogP contribution in [0.4, 0.5) is 0 Å². The Morgan fingerprint density at radius 1 is 1.40 bits per heavy atom. The van der Waals surface area contributed by atoms with Crippen molar-refractivity contribution in [2.24, 2.45) is 5.73 Å². The molecule has 0 unspecified atom stereocenters. The number of benzene rings is 1. The van der Waals surface area contributed by atoms with Gasteiger partial charge in [0.2, 0.25) is 0 Å². The lowest BCUT2D eigenvalue weighted by Crippen LogP contribution is -2.34. The number of fused-ring (bicyclic) bond motifs is 1. The van der Waals surface area contributed by atoms with Crippen molar-refractivity contribution in [1.82, 2.24) is 4.98 Å². The van der Waals surface area contributed by atoms with Crippen LogP contribution in [0.5, 0.6) is 0 Å². The van der Waals surface area contributed by atoms with Crippen LogP contribution >= 0.6 is 0 Å². The summed E-state index contributed by atoms with van der Waals surface area (Å²) in [6.07, 6.45) is 0.654. The monoisotopic (exact) mass is 204 g/mol. The number of hydrogen-bond acceptors (Lipinski definition) is 3. The van der Waals surface area contributed by atoms with Crippen LogP contribution in [0, 0.1) is 6.92 Å². The van der Waals surface area contributed by atoms with Gasteiger partial charge in [-0.25, -0.2) is 4.98 Å². The summed E-state index contributed by atoms with van der Waals surface area (Å²) >= 11 is 0. The van der Waals surface area contributed by atoms with Crippen molar-refractivity contribution in [2.75, 3.05) is 0 Å². The predicted molar refractivity (Wildman–Crippen MR) is 60.7 cm³/mol. The molecule has 3 heteroatoms. The van der Waals surface area contributed by atoms with Crippen LogP contribution in [0.1, 0.15) is 25.3 Å². The molecule has 2 N–H and O–H groups in total. The van der Waals surface area contributed by atoms with Gasteiger partial charge in [0.1, 0.15) is 5.52 Å². The van der Waals surface area contributed by atoms with E-state index in [1.165, 1.54) is 0 Å². The van der Waals surface area contributed by atoms with E-state index in [0.717, 1.165) is 16.7 Å². The standard InChI is InChI=1S/C12H16N2O/c1-8-5-4-6-9-11(8)14-10(15-9)7-12(2,3)13/h4-6H,7,13H2,1-3H3. The Kier molecular flexibility index (Phi) is 2.27. The molecule has 0 spiro atoms. The lowest BCUT2D eigenvalue weighted by atomic mass is 10.0. The van der Waals surface area contributed by atoms with Gasteiger partial charge in [-0.2, -0.15) is 0 Å². The van der Waals surface area contributed by atoms with Crippen LogP contribution < -0.4 is 5.73 Å². The number of aromatic nitrogens is 1. The first-order valence-corrected chi connectivity index (χ1v) is 5.10. The smallest absolute Gasteiger partial charge is 0.197 e. The van der Waals surface area contributed by atoms with Crippen LogP contribution in [0.15, 0.2) is 22.6 Å². The molecule has 0 amide bonds. The Bertz CT molecular complexity index is 480. The number of nitrogens with two attached hydrogens (primary N) is 1. The highest BCUT2D eigenvalue weighted by Crippen LogP contribution is 2.20. The normalized spacial score (nSPS) is 12.3. The first-order valence-electron chi connectivity index (χ1n) is 5.10. The van der Waals surface area contributed by atoms with Crippen LogP contribution in [-0.2, 0) is 6.42 Å². The van der Waals surface area contributed by atoms with E-state index in [1.54, 1.807) is 0 Å². The Labute approximate surface area is 89.3 Å². The minimum absolute atomic E-state index is 0.283. The Balaban J connectivity index is 2.44. The van der Waals surface area contributed by atoms with Crippen molar-refractivity contribution in [3.05, 3.63) is 29.7 Å². The highest BCUT2D eigenvalue weighted by molar-refractivity contribution is 5.76. The predicted octanol–water partition coefficient (Wildman–Crippen LogP) is 2.42. The second kappa shape index (κ2) is 3.35. The topological polar surface area (TPSA) is 52.0 Å². The number of aryl methyl sites for hydroxylation is 1. The van der Waals surface area contributed by atoms with Gasteiger partial charge in [0.25, 0.3) is 0 Å². The second-order valence-electron chi connectivity index (χ2n) is 4.69. The molecule has 2 rings (SSSR count). The first-order chi connectivity index (χ1) is 6.96. The van der Waals surface area contributed by atoms with Crippen LogP contribution in [0.25, 0.3) is 11.1 Å². The van der Waals surface area contributed by atoms with E-state index in [2.05, 4.69) is 4.98 Å². The molecule has 2 aromatic rings. The summed E-state index contributed by atoms with van der Waals surface area (Å²) in [5, 5.41) is 0. The Morgan fingerprint density at radius 2 is 2.13 bits per heavy atom. The van der Waals surface area contributed by atoms with Gasteiger partial charge >= 0.3 is 0 Å². The first kappa shape index (κ1) is 10.2. The molecule has 0 aliphatic rings. The molecule has 1 aromatic carbocycles. The Morgan fingerprint density at radius 3 is 2.73 bits per heavy atom. The van der Waals surface area contributed by atoms with Crippen molar-refractivity contribution in [3.63, 3.8) is 0 Å². The molecule has 15 heavy (non-hydrogen) atoms. The summed E-state index contributed by atoms with van der Waals surface area (Å²) < 4.78 is 5.63. The summed E-state index contributed by atoms with van der Waals surface area (Å²) in [7, 11) is 0. The minimum Gasteiger partial charge on any atom is -0.441 e. The van der Waals surface area contributed by atoms with Gasteiger partial charge in [-0.15, -0.1) is 0 Å². The molecule has 0 saturated carbocycles. The molecule has 0 aliphatic carbocycles. The highest BCUT2D eigenvalue weighted by atomic mass is 16.3. The molecule has 0 saturated heterocycles. The number of oxazole rings is 1. The quantitative estimate of drug-likeness (QED) is 0.817. The highest BCUT2D eigenvalue weighted by Gasteiger charge is 2.16. The minimum atomic E-state index is -0.283. The largest absolute Gasteiger partial charge is 0.441 e. The summed E-state index contributed by atoms with van der Waals surface area (Å²) in [6, 6.07) is 5.94. The van der Waals surface area contributed by atoms with Crippen molar-refractivity contribution >= 4 is 11.1 Å². The van der Waals surface area contributed by atoms with Gasteiger partial charge in [0, 0.05) is 12.0 Å². The SMILES string of the molecule is Cc1cccc2oc(CC(C)(C)N)nc12. The average molecular weight is 204 g/mol. The van der Waals surface area contributed by atoms with E-state index in [-0.39, 0.29) is 5.54 Å². The third-order valence-corrected chi connectivity index (χ3v) is 2.27. The zero-order valence-corrected chi connectivity index (χ0v) is 9.37. The fraction of sp³-hybridized carbons (Fsp3) is 0.417. The summed E-state index contributed by atoms with van der Waals surface area (Å²) in [6.45, 7) is 5.96. The maximum atomic E-state index is 5.93. The molecule has 0 bridgehead atoms. The molecule has 80 valence electrons. The van der Waals surface area contributed by atoms with Gasteiger partial charge < -0.3 is 10.2 Å². The van der Waals surface area contributed by atoms with E-state index in [0.29, 0.717) is 12.3 Å². The van der Waals surface area contributed by atoms with Gasteiger partial charge in [-0.3, -0.25) is 0 Å². The van der Waals surface area contributed by atoms with E-state index >= 15 is 0 Å². The van der Waals surface area contributed by atoms with Gasteiger partial charge in [0.15, 0.2) is 11.5 Å². The fourth-order valence-electron chi connectivity index (χ4n) is 1.60. The zero-order chi connectivity index (χ0) is 11.1. The third-order valence-electron chi connectivity index (χ3n) is 2.27. The third kappa shape index (κ3) is 2.18. The van der Waals surface area contributed by atoms with Crippen LogP contribution in [0.3, 0.4) is 0 Å². The van der Waals surface area contributed by atoms with Gasteiger partial charge in [-0.1, -0.05) is 12.1 Å². The molecule has 3 nitrogen and oxygen atoms in total. The van der Waals surface area contributed by atoms with Crippen molar-refractivity contribution < 1.29 is 4.42 Å². The van der Waals surface area contributed by atoms with E-state index in [9.17, 15) is 0 Å². The maximum absolute atomic E-state index is 5.93. The summed E-state index contributed by atoms with van der Waals surface area (Å²) in [5.41, 5.74) is 8.56. The Hall–Kier alpha value is -1.35. The number of nitrogens with zero attached hydrogens (tertiary/aromatic N) is 1. The lowest BCUT2D eigenvalue weighted by Gasteiger charge is -2.14. The van der Waals surface area contributed by atoms with E-state index in [4.69, 9.17) is 10.2 Å². The van der Waals surface area contributed by atoms with Gasteiger partial charge in [-0.05, 0) is 32.4 Å². The molecule has 0 aliphatic heterocycles. The van der Waals surface area contributed by atoms with Crippen LogP contribution in [0.2, 0.25) is 0 Å². The molecule has 1 heterocycles. The fourth-order valence-corrected chi connectivity index (χ4v) is 1.60. The number of para-hydroxylation sites is 1. The molecule has 0 radical (unpaired) electrons. The summed E-state index contributed by atoms with van der Waals surface area (Å²) in [5.74, 6) is 0.715. The van der Waals surface area contributed by atoms with E-state index in [1.807, 2.05) is 39.0 Å². The number of hydrogen-bond donors (Lipinski definition) is 1. The van der Waals surface area contributed by atoms with Crippen molar-refractivity contribution in [3.8, 4) is 0 Å². The lowest BCUT2D eigenvalue weighted by molar-refractivity contribution is 0.433. The van der Waals surface area contributed by atoms with Crippen LogP contribution in [-0.4, -0.2) is 10.5 Å². The molecule has 0 fully saturated rings. The number of rotatable bonds is 2.